The second kappa shape index (κ2) is 9.82. The second-order valence-corrected chi connectivity index (χ2v) is 13.3. The van der Waals surface area contributed by atoms with Crippen LogP contribution in [0.2, 0.25) is 5.02 Å². The van der Waals surface area contributed by atoms with Gasteiger partial charge in [-0.15, -0.1) is 0 Å². The molecule has 38 heavy (non-hydrogen) atoms. The zero-order valence-corrected chi connectivity index (χ0v) is 22.0. The number of alkyl halides is 2. The van der Waals surface area contributed by atoms with Crippen LogP contribution in [0.3, 0.4) is 0 Å². The Balaban J connectivity index is 1.73. The van der Waals surface area contributed by atoms with Gasteiger partial charge in [-0.25, -0.2) is 14.2 Å². The third-order valence-corrected chi connectivity index (χ3v) is 11.4. The third-order valence-electron chi connectivity index (χ3n) is 6.86. The van der Waals surface area contributed by atoms with Crippen LogP contribution in [-0.2, 0) is 15.7 Å². The highest BCUT2D eigenvalue weighted by Gasteiger charge is 2.59. The van der Waals surface area contributed by atoms with Gasteiger partial charge in [-0.05, 0) is 55.5 Å². The molecule has 0 radical (unpaired) electrons. The van der Waals surface area contributed by atoms with Crippen LogP contribution in [-0.4, -0.2) is 55.3 Å². The molecule has 15 heteroatoms. The van der Waals surface area contributed by atoms with Crippen molar-refractivity contribution in [3.05, 3.63) is 52.6 Å². The van der Waals surface area contributed by atoms with Gasteiger partial charge in [0.25, 0.3) is 5.91 Å². The molecule has 1 aromatic carbocycles. The molecule has 2 aliphatic rings. The van der Waals surface area contributed by atoms with Gasteiger partial charge in [0.2, 0.25) is 0 Å². The van der Waals surface area contributed by atoms with Crippen LogP contribution in [0, 0.1) is 5.82 Å². The molecule has 0 bridgehead atoms. The van der Waals surface area contributed by atoms with E-state index < -0.39 is 50.1 Å². The SMILES string of the molecule is CC1(C)C(NC(=O)O)=N[C@](C)(c2cc(NC(=O)c3ncc(OC(F)F)cc3Cl)ccc2F)[C@@H]2CCN[SH]21=O. The average Bonchev–Trinajstić information content (AvgIpc) is 3.23. The van der Waals surface area contributed by atoms with Crippen LogP contribution >= 0.6 is 11.6 Å². The van der Waals surface area contributed by atoms with E-state index >= 15 is 4.39 Å². The Morgan fingerprint density at radius 2 is 1.97 bits per heavy atom. The molecule has 0 spiro atoms. The van der Waals surface area contributed by atoms with Gasteiger partial charge in [0.1, 0.15) is 28.6 Å². The summed E-state index contributed by atoms with van der Waals surface area (Å²) in [5, 5.41) is 13.2. The number of carbonyl (C=O) groups excluding carboxylic acids is 1. The maximum absolute atomic E-state index is 15.3. The maximum Gasteiger partial charge on any atom is 0.410 e. The van der Waals surface area contributed by atoms with E-state index in [-0.39, 0.29) is 33.6 Å². The van der Waals surface area contributed by atoms with Crippen molar-refractivity contribution in [2.24, 2.45) is 4.99 Å². The van der Waals surface area contributed by atoms with Gasteiger partial charge in [-0.1, -0.05) is 11.6 Å². The number of benzene rings is 1. The maximum atomic E-state index is 15.3. The van der Waals surface area contributed by atoms with Crippen LogP contribution < -0.4 is 20.1 Å². The number of carboxylic acid groups (broad SMARTS) is 1. The first-order valence-electron chi connectivity index (χ1n) is 11.4. The summed E-state index contributed by atoms with van der Waals surface area (Å²) in [7, 11) is -3.36. The Morgan fingerprint density at radius 1 is 1.26 bits per heavy atom. The summed E-state index contributed by atoms with van der Waals surface area (Å²) in [5.41, 5.74) is -1.64. The second-order valence-electron chi connectivity index (χ2n) is 9.50. The molecule has 2 aliphatic heterocycles. The third kappa shape index (κ3) is 4.71. The molecule has 1 saturated heterocycles. The molecule has 0 saturated carbocycles. The summed E-state index contributed by atoms with van der Waals surface area (Å²) in [5.74, 6) is -1.92. The monoisotopic (exact) mass is 575 g/mol. The molecule has 206 valence electrons. The molecule has 2 atom stereocenters. The largest absolute Gasteiger partial charge is 0.465 e. The number of aliphatic imine (C=N–C) groups is 1. The van der Waals surface area contributed by atoms with Crippen LogP contribution in [0.4, 0.5) is 23.7 Å². The Kier molecular flexibility index (Phi) is 7.18. The van der Waals surface area contributed by atoms with Crippen molar-refractivity contribution in [3.63, 3.8) is 0 Å². The highest BCUT2D eigenvalue weighted by atomic mass is 35.5. The van der Waals surface area contributed by atoms with Gasteiger partial charge >= 0.3 is 12.7 Å². The molecule has 0 unspecified atom stereocenters. The molecular weight excluding hydrogens is 551 g/mol. The molecule has 4 N–H and O–H groups in total. The van der Waals surface area contributed by atoms with Gasteiger partial charge in [-0.2, -0.15) is 8.78 Å². The molecule has 1 fully saturated rings. The van der Waals surface area contributed by atoms with E-state index in [2.05, 4.69) is 30.1 Å². The number of anilines is 1. The molecule has 2 aromatic rings. The normalized spacial score (nSPS) is 24.2. The molecule has 0 aliphatic carbocycles. The van der Waals surface area contributed by atoms with Crippen LogP contribution in [0.5, 0.6) is 5.75 Å². The van der Waals surface area contributed by atoms with Crippen molar-refractivity contribution in [1.29, 1.82) is 0 Å². The highest BCUT2D eigenvalue weighted by molar-refractivity contribution is 8.04. The zero-order chi connectivity index (χ0) is 28.0. The van der Waals surface area contributed by atoms with Gasteiger partial charge < -0.3 is 15.2 Å². The van der Waals surface area contributed by atoms with Crippen molar-refractivity contribution in [2.45, 2.75) is 49.3 Å². The minimum Gasteiger partial charge on any atom is -0.465 e. The van der Waals surface area contributed by atoms with E-state index in [1.807, 2.05) is 0 Å². The smallest absolute Gasteiger partial charge is 0.410 e. The molecule has 4 rings (SSSR count). The minimum absolute atomic E-state index is 0.0100. The summed E-state index contributed by atoms with van der Waals surface area (Å²) in [6.45, 7) is 2.07. The lowest BCUT2D eigenvalue weighted by molar-refractivity contribution is -0.0500. The number of ether oxygens (including phenoxy) is 1. The van der Waals surface area contributed by atoms with Crippen molar-refractivity contribution < 1.29 is 36.8 Å². The number of hydrogen-bond acceptors (Lipinski definition) is 6. The fourth-order valence-electron chi connectivity index (χ4n) is 4.94. The number of thiol groups is 1. The first-order valence-corrected chi connectivity index (χ1v) is 13.5. The summed E-state index contributed by atoms with van der Waals surface area (Å²) in [4.78, 5) is 32.7. The molecular formula is C23H25ClF3N5O5S. The lowest BCUT2D eigenvalue weighted by atomic mass is 9.85. The van der Waals surface area contributed by atoms with E-state index in [4.69, 9.17) is 11.6 Å². The molecule has 10 nitrogen and oxygen atoms in total. The Labute approximate surface area is 221 Å². The Hall–Kier alpha value is -3.23. The average molecular weight is 576 g/mol. The molecule has 1 aromatic heterocycles. The number of pyridine rings is 1. The fraction of sp³-hybridized carbons (Fsp3) is 0.391. The van der Waals surface area contributed by atoms with E-state index in [1.165, 1.54) is 12.1 Å². The quantitative estimate of drug-likeness (QED) is 0.344. The van der Waals surface area contributed by atoms with Gasteiger partial charge in [0.15, 0.2) is 0 Å². The van der Waals surface area contributed by atoms with Crippen molar-refractivity contribution >= 4 is 45.2 Å². The van der Waals surface area contributed by atoms with Crippen LogP contribution in [0.25, 0.3) is 0 Å². The number of rotatable bonds is 5. The number of fused-ring (bicyclic) bond motifs is 1. The van der Waals surface area contributed by atoms with Gasteiger partial charge in [0, 0.05) is 23.9 Å². The Morgan fingerprint density at radius 3 is 2.61 bits per heavy atom. The van der Waals surface area contributed by atoms with E-state index in [9.17, 15) is 27.7 Å². The standard InChI is InChI=1S/C23H25ClF3N5O5S/c1-22(2)19(31-21(34)35)32-23(3,16-6-7-29-38(16,22)36)13-8-11(4-5-15(13)25)30-18(33)17-14(24)9-12(10-28-17)37-20(26)27/h4-5,8-10,16,20,38H,6-7H2,1-3H3,(H,29,36)(H,30,33)(H,31,32)(H,34,35)/t16-,23+/m0/s1. The number of nitrogens with zero attached hydrogens (tertiary/aromatic N) is 2. The predicted octanol–water partition coefficient (Wildman–Crippen LogP) is 3.69. The summed E-state index contributed by atoms with van der Waals surface area (Å²) in [6.07, 6.45) is -0.104. The predicted molar refractivity (Wildman–Crippen MR) is 136 cm³/mol. The number of amidine groups is 1. The lowest BCUT2D eigenvalue weighted by Crippen LogP contribution is -2.65. The fourth-order valence-corrected chi connectivity index (χ4v) is 8.86. The summed E-state index contributed by atoms with van der Waals surface area (Å²) in [6, 6.07) is 4.70. The first kappa shape index (κ1) is 27.8. The van der Waals surface area contributed by atoms with Gasteiger partial charge in [-0.3, -0.25) is 24.0 Å². The summed E-state index contributed by atoms with van der Waals surface area (Å²) >= 11 is 6.02. The van der Waals surface area contributed by atoms with Crippen molar-refractivity contribution in [1.82, 2.24) is 15.0 Å². The van der Waals surface area contributed by atoms with E-state index in [0.717, 1.165) is 18.3 Å². The Bertz CT molecular complexity index is 1390. The number of amides is 2. The number of halogens is 4. The van der Waals surface area contributed by atoms with Crippen LogP contribution in [0.15, 0.2) is 35.5 Å². The van der Waals surface area contributed by atoms with E-state index in [1.54, 1.807) is 20.8 Å². The molecule has 3 heterocycles. The summed E-state index contributed by atoms with van der Waals surface area (Å²) < 4.78 is 60.4. The topological polar surface area (TPSA) is 142 Å². The first-order chi connectivity index (χ1) is 17.7. The number of aromatic nitrogens is 1. The molecule has 2 amide bonds. The number of hydrogen-bond donors (Lipinski definition) is 5. The van der Waals surface area contributed by atoms with Crippen molar-refractivity contribution in [3.8, 4) is 5.75 Å². The minimum atomic E-state index is -3.36. The van der Waals surface area contributed by atoms with Gasteiger partial charge in [0.05, 0.1) is 21.2 Å². The number of nitrogens with one attached hydrogen (secondary N) is 3. The number of carbonyl (C=O) groups is 2. The van der Waals surface area contributed by atoms with Crippen LogP contribution in [0.1, 0.15) is 43.2 Å². The van der Waals surface area contributed by atoms with E-state index in [0.29, 0.717) is 13.0 Å². The lowest BCUT2D eigenvalue weighted by Gasteiger charge is -2.51. The zero-order valence-electron chi connectivity index (χ0n) is 20.4. The highest BCUT2D eigenvalue weighted by Crippen LogP contribution is 2.49. The van der Waals surface area contributed by atoms with Crippen molar-refractivity contribution in [2.75, 3.05) is 11.9 Å².